The highest BCUT2D eigenvalue weighted by atomic mass is 35.5. The molecule has 7 nitrogen and oxygen atoms in total. The molecule has 0 aliphatic rings. The molecule has 0 atom stereocenters. The monoisotopic (exact) mass is 524 g/mol. The Morgan fingerprint density at radius 1 is 1.00 bits per heavy atom. The Morgan fingerprint density at radius 2 is 1.75 bits per heavy atom. The number of unbranched alkanes of at least 4 members (excludes halogenated alkanes) is 2. The van der Waals surface area contributed by atoms with Crippen molar-refractivity contribution in [1.82, 2.24) is 19.3 Å². The molecule has 4 aromatic rings. The molecule has 2 aromatic carbocycles. The topological polar surface area (TPSA) is 94.0 Å². The van der Waals surface area contributed by atoms with Crippen LogP contribution in [0.25, 0.3) is 22.3 Å². The number of hydrogen-bond acceptors (Lipinski definition) is 5. The van der Waals surface area contributed by atoms with Crippen molar-refractivity contribution in [3.05, 3.63) is 82.3 Å². The number of nitrogens with zero attached hydrogens (tertiary/aromatic N) is 3. The van der Waals surface area contributed by atoms with Crippen molar-refractivity contribution in [1.29, 1.82) is 0 Å². The highest BCUT2D eigenvalue weighted by Gasteiger charge is 2.20. The average Bonchev–Trinajstić information content (AvgIpc) is 3.16. The fourth-order valence-electron chi connectivity index (χ4n) is 4.10. The highest BCUT2D eigenvalue weighted by Crippen LogP contribution is 2.28. The Balaban J connectivity index is 1.64. The van der Waals surface area contributed by atoms with E-state index in [0.717, 1.165) is 35.1 Å². The van der Waals surface area contributed by atoms with Gasteiger partial charge in [0.25, 0.3) is 5.91 Å². The molecule has 9 heteroatoms. The summed E-state index contributed by atoms with van der Waals surface area (Å²) in [6, 6.07) is 17.5. The number of fused-ring (bicyclic) bond motifs is 1. The average molecular weight is 525 g/mol. The van der Waals surface area contributed by atoms with Crippen LogP contribution in [-0.4, -0.2) is 34.6 Å². The van der Waals surface area contributed by atoms with Gasteiger partial charge in [0.1, 0.15) is 17.0 Å². The first-order valence-corrected chi connectivity index (χ1v) is 13.9. The predicted molar refractivity (Wildman–Crippen MR) is 144 cm³/mol. The van der Waals surface area contributed by atoms with Crippen molar-refractivity contribution in [3.63, 3.8) is 0 Å². The number of hydrogen-bond donors (Lipinski definition) is 1. The lowest BCUT2D eigenvalue weighted by Gasteiger charge is -2.11. The Kier molecular flexibility index (Phi) is 7.76. The summed E-state index contributed by atoms with van der Waals surface area (Å²) in [6.07, 6.45) is 2.18. The summed E-state index contributed by atoms with van der Waals surface area (Å²) >= 11 is 6.65. The summed E-state index contributed by atoms with van der Waals surface area (Å²) in [7, 11) is -3.73. The zero-order valence-electron chi connectivity index (χ0n) is 20.6. The molecule has 2 heterocycles. The van der Waals surface area contributed by atoms with E-state index in [0.29, 0.717) is 35.0 Å². The van der Waals surface area contributed by atoms with E-state index in [-0.39, 0.29) is 11.4 Å². The van der Waals surface area contributed by atoms with Gasteiger partial charge in [0.15, 0.2) is 5.65 Å². The third-order valence-electron chi connectivity index (χ3n) is 6.07. The number of nitrogens with one attached hydrogen (secondary N) is 1. The van der Waals surface area contributed by atoms with Crippen LogP contribution in [0, 0.1) is 13.8 Å². The standard InChI is InChI=1S/C27H29ClN4O3S/c1-4-5-9-14-36(34,35)31-27(33)24-15-18(2)25-26(30-24)32(19(3)29-25)17-22-13-12-21(16-23(22)28)20-10-7-6-8-11-20/h6-8,10-13,15-16H,4-5,9,14,17H2,1-3H3,(H,31,33). The van der Waals surface area contributed by atoms with E-state index in [1.54, 1.807) is 6.07 Å². The third kappa shape index (κ3) is 5.77. The second-order valence-corrected chi connectivity index (χ2v) is 11.1. The van der Waals surface area contributed by atoms with E-state index in [1.807, 2.05) is 73.9 Å². The van der Waals surface area contributed by atoms with Gasteiger partial charge in [0.2, 0.25) is 10.0 Å². The molecule has 1 N–H and O–H groups in total. The summed E-state index contributed by atoms with van der Waals surface area (Å²) in [4.78, 5) is 21.9. The highest BCUT2D eigenvalue weighted by molar-refractivity contribution is 7.90. The zero-order chi connectivity index (χ0) is 25.9. The van der Waals surface area contributed by atoms with Crippen LogP contribution >= 0.6 is 11.6 Å². The number of halogens is 1. The van der Waals surface area contributed by atoms with Crippen LogP contribution in [0.1, 0.15) is 53.6 Å². The van der Waals surface area contributed by atoms with Crippen LogP contribution in [0.4, 0.5) is 0 Å². The van der Waals surface area contributed by atoms with Gasteiger partial charge in [-0.15, -0.1) is 0 Å². The number of benzene rings is 2. The van der Waals surface area contributed by atoms with E-state index in [9.17, 15) is 13.2 Å². The molecule has 0 saturated carbocycles. The smallest absolute Gasteiger partial charge is 0.283 e. The molecule has 0 aliphatic carbocycles. The molecule has 0 unspecified atom stereocenters. The van der Waals surface area contributed by atoms with Gasteiger partial charge in [0.05, 0.1) is 12.3 Å². The third-order valence-corrected chi connectivity index (χ3v) is 7.75. The van der Waals surface area contributed by atoms with Gasteiger partial charge in [-0.3, -0.25) is 4.79 Å². The van der Waals surface area contributed by atoms with Crippen molar-refractivity contribution >= 4 is 38.7 Å². The summed E-state index contributed by atoms with van der Waals surface area (Å²) < 4.78 is 28.7. The quantitative estimate of drug-likeness (QED) is 0.285. The number of carbonyl (C=O) groups is 1. The first kappa shape index (κ1) is 25.9. The van der Waals surface area contributed by atoms with Crippen LogP contribution in [0.3, 0.4) is 0 Å². The first-order valence-electron chi connectivity index (χ1n) is 11.9. The van der Waals surface area contributed by atoms with Gasteiger partial charge in [-0.1, -0.05) is 73.8 Å². The Labute approximate surface area is 216 Å². The van der Waals surface area contributed by atoms with Crippen molar-refractivity contribution in [2.75, 3.05) is 5.75 Å². The number of imidazole rings is 1. The second kappa shape index (κ2) is 10.8. The van der Waals surface area contributed by atoms with E-state index in [1.165, 1.54) is 0 Å². The van der Waals surface area contributed by atoms with Crippen molar-refractivity contribution in [2.24, 2.45) is 0 Å². The lowest BCUT2D eigenvalue weighted by atomic mass is 10.0. The SMILES string of the molecule is CCCCCS(=O)(=O)NC(=O)c1cc(C)c2nc(C)n(Cc3ccc(-c4ccccc4)cc3Cl)c2n1. The molecule has 0 saturated heterocycles. The lowest BCUT2D eigenvalue weighted by Crippen LogP contribution is -2.33. The van der Waals surface area contributed by atoms with Gasteiger partial charge >= 0.3 is 0 Å². The van der Waals surface area contributed by atoms with Gasteiger partial charge in [-0.2, -0.15) is 0 Å². The molecule has 4 rings (SSSR count). The fraction of sp³-hybridized carbons (Fsp3) is 0.296. The molecule has 0 radical (unpaired) electrons. The first-order chi connectivity index (χ1) is 17.2. The van der Waals surface area contributed by atoms with Gasteiger partial charge in [-0.05, 0) is 54.7 Å². The molecule has 188 valence electrons. The van der Waals surface area contributed by atoms with Crippen molar-refractivity contribution in [2.45, 2.75) is 46.6 Å². The van der Waals surface area contributed by atoms with Crippen LogP contribution < -0.4 is 4.72 Å². The summed E-state index contributed by atoms with van der Waals surface area (Å²) in [5.74, 6) is -0.122. The van der Waals surface area contributed by atoms with E-state index in [4.69, 9.17) is 11.6 Å². The molecule has 0 bridgehead atoms. The molecule has 0 aliphatic heterocycles. The Hall–Kier alpha value is -3.23. The van der Waals surface area contributed by atoms with Gasteiger partial charge < -0.3 is 4.57 Å². The maximum atomic E-state index is 12.8. The summed E-state index contributed by atoms with van der Waals surface area (Å²) in [5.41, 5.74) is 4.91. The van der Waals surface area contributed by atoms with Crippen molar-refractivity contribution in [3.8, 4) is 11.1 Å². The van der Waals surface area contributed by atoms with Gasteiger partial charge in [0, 0.05) is 5.02 Å². The number of rotatable bonds is 9. The summed E-state index contributed by atoms with van der Waals surface area (Å²) in [5, 5.41) is 0.612. The molecular formula is C27H29ClN4O3S. The largest absolute Gasteiger partial charge is 0.308 e. The Morgan fingerprint density at radius 3 is 2.44 bits per heavy atom. The number of pyridine rings is 1. The van der Waals surface area contributed by atoms with E-state index in [2.05, 4.69) is 14.7 Å². The summed E-state index contributed by atoms with van der Waals surface area (Å²) in [6.45, 7) is 6.09. The number of aromatic nitrogens is 3. The number of sulfonamides is 1. The molecule has 1 amide bonds. The number of carbonyl (C=O) groups excluding carboxylic acids is 1. The molecular weight excluding hydrogens is 496 g/mol. The minimum atomic E-state index is -3.73. The second-order valence-electron chi connectivity index (χ2n) is 8.87. The van der Waals surface area contributed by atoms with Gasteiger partial charge in [-0.25, -0.2) is 23.1 Å². The number of amides is 1. The van der Waals surface area contributed by atoms with Crippen LogP contribution in [0.15, 0.2) is 54.6 Å². The maximum Gasteiger partial charge on any atom is 0.283 e. The molecule has 2 aromatic heterocycles. The zero-order valence-corrected chi connectivity index (χ0v) is 22.2. The van der Waals surface area contributed by atoms with Crippen molar-refractivity contribution < 1.29 is 13.2 Å². The predicted octanol–water partition coefficient (Wildman–Crippen LogP) is 5.67. The van der Waals surface area contributed by atoms with E-state index >= 15 is 0 Å². The molecule has 36 heavy (non-hydrogen) atoms. The number of aryl methyl sites for hydroxylation is 2. The molecule has 0 fully saturated rings. The minimum absolute atomic E-state index is 0.0331. The Bertz CT molecular complexity index is 1520. The maximum absolute atomic E-state index is 12.8. The fourth-order valence-corrected chi connectivity index (χ4v) is 5.41. The van der Waals surface area contributed by atoms with E-state index < -0.39 is 15.9 Å². The molecule has 0 spiro atoms. The minimum Gasteiger partial charge on any atom is -0.308 e. The van der Waals surface area contributed by atoms with Crippen LogP contribution in [0.2, 0.25) is 5.02 Å². The normalized spacial score (nSPS) is 11.7. The van der Waals surface area contributed by atoms with Crippen LogP contribution in [0.5, 0.6) is 0 Å². The van der Waals surface area contributed by atoms with Crippen LogP contribution in [-0.2, 0) is 16.6 Å². The lowest BCUT2D eigenvalue weighted by molar-refractivity contribution is 0.0976.